The minimum atomic E-state index is 0.639. The lowest BCUT2D eigenvalue weighted by molar-refractivity contribution is 0.200. The van der Waals surface area contributed by atoms with Gasteiger partial charge in [-0.15, -0.1) is 0 Å². The highest BCUT2D eigenvalue weighted by Crippen LogP contribution is 2.09. The van der Waals surface area contributed by atoms with E-state index in [0.29, 0.717) is 12.6 Å². The Morgan fingerprint density at radius 3 is 2.79 bits per heavy atom. The highest BCUT2D eigenvalue weighted by atomic mass is 16.5. The third-order valence-electron chi connectivity index (χ3n) is 2.54. The number of para-hydroxylation sites is 1. The second kappa shape index (κ2) is 7.45. The van der Waals surface area contributed by atoms with Gasteiger partial charge >= 0.3 is 0 Å². The first-order valence-electron chi connectivity index (χ1n) is 6.19. The fourth-order valence-corrected chi connectivity index (χ4v) is 1.60. The summed E-state index contributed by atoms with van der Waals surface area (Å²) in [5.74, 6) is 0.639. The molecule has 0 aliphatic heterocycles. The first-order valence-corrected chi connectivity index (χ1v) is 6.19. The van der Waals surface area contributed by atoms with E-state index in [2.05, 4.69) is 26.2 Å². The van der Waals surface area contributed by atoms with Crippen molar-refractivity contribution in [2.45, 2.75) is 0 Å². The number of ether oxygens (including phenoxy) is 1. The van der Waals surface area contributed by atoms with Gasteiger partial charge in [-0.2, -0.15) is 4.68 Å². The van der Waals surface area contributed by atoms with Crippen LogP contribution in [0.5, 0.6) is 0 Å². The number of nitrogens with zero attached hydrogens (tertiary/aromatic N) is 4. The van der Waals surface area contributed by atoms with Crippen molar-refractivity contribution in [1.29, 1.82) is 0 Å². The van der Waals surface area contributed by atoms with Crippen LogP contribution in [0.25, 0.3) is 5.69 Å². The zero-order chi connectivity index (χ0) is 13.3. The van der Waals surface area contributed by atoms with Crippen molar-refractivity contribution in [3.63, 3.8) is 0 Å². The Balaban J connectivity index is 1.83. The Labute approximate surface area is 112 Å². The number of nitrogens with one attached hydrogen (secondary N) is 2. The van der Waals surface area contributed by atoms with Gasteiger partial charge in [0.25, 0.3) is 0 Å². The molecule has 19 heavy (non-hydrogen) atoms. The third-order valence-corrected chi connectivity index (χ3v) is 2.54. The molecule has 2 aromatic rings. The van der Waals surface area contributed by atoms with Crippen LogP contribution in [0.15, 0.2) is 30.3 Å². The van der Waals surface area contributed by atoms with Crippen molar-refractivity contribution in [1.82, 2.24) is 25.5 Å². The summed E-state index contributed by atoms with van der Waals surface area (Å²) in [6.45, 7) is 3.12. The monoisotopic (exact) mass is 262 g/mol. The van der Waals surface area contributed by atoms with Crippen LogP contribution in [-0.2, 0) is 4.74 Å². The Morgan fingerprint density at radius 1 is 1.16 bits per heavy atom. The van der Waals surface area contributed by atoms with Crippen molar-refractivity contribution in [3.8, 4) is 5.69 Å². The van der Waals surface area contributed by atoms with Crippen LogP contribution in [0.1, 0.15) is 0 Å². The molecular formula is C12H18N6O. The number of tetrazole rings is 1. The quantitative estimate of drug-likeness (QED) is 0.667. The Morgan fingerprint density at radius 2 is 2.00 bits per heavy atom. The van der Waals surface area contributed by atoms with Crippen LogP contribution >= 0.6 is 0 Å². The molecule has 0 aliphatic carbocycles. The Hall–Kier alpha value is -1.99. The van der Waals surface area contributed by atoms with E-state index in [0.717, 1.165) is 25.3 Å². The fraction of sp³-hybridized carbons (Fsp3) is 0.417. The summed E-state index contributed by atoms with van der Waals surface area (Å²) in [6.07, 6.45) is 0. The zero-order valence-corrected chi connectivity index (χ0v) is 10.9. The van der Waals surface area contributed by atoms with Gasteiger partial charge in [0.05, 0.1) is 12.3 Å². The highest BCUT2D eigenvalue weighted by Gasteiger charge is 2.06. The molecule has 0 bridgehead atoms. The number of methoxy groups -OCH3 is 1. The largest absolute Gasteiger partial charge is 0.383 e. The van der Waals surface area contributed by atoms with Crippen LogP contribution in [0, 0.1) is 0 Å². The summed E-state index contributed by atoms with van der Waals surface area (Å²) >= 11 is 0. The molecule has 0 amide bonds. The lowest BCUT2D eigenvalue weighted by atomic mass is 10.3. The van der Waals surface area contributed by atoms with Crippen molar-refractivity contribution in [2.75, 3.05) is 38.7 Å². The molecule has 0 spiro atoms. The summed E-state index contributed by atoms with van der Waals surface area (Å²) in [7, 11) is 1.69. The highest BCUT2D eigenvalue weighted by molar-refractivity contribution is 5.38. The zero-order valence-electron chi connectivity index (χ0n) is 10.9. The minimum Gasteiger partial charge on any atom is -0.383 e. The maximum atomic E-state index is 4.95. The number of aromatic nitrogens is 4. The lowest BCUT2D eigenvalue weighted by Crippen LogP contribution is -2.26. The van der Waals surface area contributed by atoms with Gasteiger partial charge in [0.1, 0.15) is 0 Å². The maximum Gasteiger partial charge on any atom is 0.247 e. The first kappa shape index (κ1) is 13.4. The molecule has 2 N–H and O–H groups in total. The van der Waals surface area contributed by atoms with Crippen molar-refractivity contribution < 1.29 is 4.74 Å². The van der Waals surface area contributed by atoms with Gasteiger partial charge < -0.3 is 15.4 Å². The molecule has 1 aromatic carbocycles. The van der Waals surface area contributed by atoms with E-state index in [-0.39, 0.29) is 0 Å². The van der Waals surface area contributed by atoms with E-state index in [9.17, 15) is 0 Å². The maximum absolute atomic E-state index is 4.95. The van der Waals surface area contributed by atoms with Crippen LogP contribution in [0.2, 0.25) is 0 Å². The second-order valence-corrected chi connectivity index (χ2v) is 3.92. The van der Waals surface area contributed by atoms with Gasteiger partial charge in [-0.3, -0.25) is 0 Å². The number of benzene rings is 1. The average Bonchev–Trinajstić information content (AvgIpc) is 2.92. The Kier molecular flexibility index (Phi) is 5.27. The van der Waals surface area contributed by atoms with Crippen molar-refractivity contribution in [3.05, 3.63) is 30.3 Å². The standard InChI is InChI=1S/C12H18N6O/c1-19-10-9-13-7-8-14-12-15-16-17-18(12)11-5-3-2-4-6-11/h2-6,13H,7-10H2,1H3,(H,14,15,17). The van der Waals surface area contributed by atoms with Gasteiger partial charge in [0.2, 0.25) is 5.95 Å². The van der Waals surface area contributed by atoms with Gasteiger partial charge in [0.15, 0.2) is 0 Å². The van der Waals surface area contributed by atoms with Crippen LogP contribution < -0.4 is 10.6 Å². The molecule has 0 aliphatic rings. The molecule has 0 fully saturated rings. The predicted octanol–water partition coefficient (Wildman–Crippen LogP) is 0.310. The van der Waals surface area contributed by atoms with E-state index in [1.807, 2.05) is 30.3 Å². The smallest absolute Gasteiger partial charge is 0.247 e. The SMILES string of the molecule is COCCNCCNc1nnnn1-c1ccccc1. The van der Waals surface area contributed by atoms with Crippen molar-refractivity contribution in [2.24, 2.45) is 0 Å². The summed E-state index contributed by atoms with van der Waals surface area (Å²) in [6, 6.07) is 9.78. The average molecular weight is 262 g/mol. The molecule has 7 nitrogen and oxygen atoms in total. The van der Waals surface area contributed by atoms with E-state index in [1.54, 1.807) is 11.8 Å². The van der Waals surface area contributed by atoms with E-state index in [1.165, 1.54) is 0 Å². The number of hydrogen-bond acceptors (Lipinski definition) is 6. The lowest BCUT2D eigenvalue weighted by Gasteiger charge is -2.07. The molecule has 7 heteroatoms. The van der Waals surface area contributed by atoms with Crippen LogP contribution in [0.3, 0.4) is 0 Å². The van der Waals surface area contributed by atoms with E-state index >= 15 is 0 Å². The molecule has 0 atom stereocenters. The normalized spacial score (nSPS) is 10.6. The van der Waals surface area contributed by atoms with Crippen molar-refractivity contribution >= 4 is 5.95 Å². The molecule has 0 radical (unpaired) electrons. The molecule has 1 heterocycles. The topological polar surface area (TPSA) is 76.9 Å². The number of anilines is 1. The van der Waals surface area contributed by atoms with E-state index in [4.69, 9.17) is 4.74 Å². The molecule has 0 saturated heterocycles. The summed E-state index contributed by atoms with van der Waals surface area (Å²) in [4.78, 5) is 0. The molecule has 102 valence electrons. The Bertz CT molecular complexity index is 472. The fourth-order valence-electron chi connectivity index (χ4n) is 1.60. The summed E-state index contributed by atoms with van der Waals surface area (Å²) in [5, 5.41) is 18.1. The van der Waals surface area contributed by atoms with Crippen LogP contribution in [-0.4, -0.2) is 53.6 Å². The minimum absolute atomic E-state index is 0.639. The predicted molar refractivity (Wildman–Crippen MR) is 72.4 cm³/mol. The molecular weight excluding hydrogens is 244 g/mol. The molecule has 0 saturated carbocycles. The molecule has 2 rings (SSSR count). The number of hydrogen-bond donors (Lipinski definition) is 2. The van der Waals surface area contributed by atoms with Gasteiger partial charge in [-0.25, -0.2) is 0 Å². The van der Waals surface area contributed by atoms with E-state index < -0.39 is 0 Å². The second-order valence-electron chi connectivity index (χ2n) is 3.92. The third kappa shape index (κ3) is 4.01. The van der Waals surface area contributed by atoms with Gasteiger partial charge in [-0.1, -0.05) is 23.3 Å². The number of rotatable bonds is 8. The summed E-state index contributed by atoms with van der Waals surface area (Å²) in [5.41, 5.74) is 0.933. The van der Waals surface area contributed by atoms with Crippen LogP contribution in [0.4, 0.5) is 5.95 Å². The van der Waals surface area contributed by atoms with Gasteiger partial charge in [0, 0.05) is 26.7 Å². The molecule has 1 aromatic heterocycles. The summed E-state index contributed by atoms with van der Waals surface area (Å²) < 4.78 is 6.63. The first-order chi connectivity index (χ1) is 9.42. The van der Waals surface area contributed by atoms with Gasteiger partial charge in [-0.05, 0) is 22.6 Å². The molecule has 0 unspecified atom stereocenters.